The van der Waals surface area contributed by atoms with E-state index in [-0.39, 0.29) is 12.2 Å². The molecule has 0 spiro atoms. The minimum absolute atomic E-state index is 0.0278. The summed E-state index contributed by atoms with van der Waals surface area (Å²) in [6.07, 6.45) is -2.86. The fourth-order valence-corrected chi connectivity index (χ4v) is 3.19. The molecule has 35 heavy (non-hydrogen) atoms. The van der Waals surface area contributed by atoms with Gasteiger partial charge in [-0.2, -0.15) is 0 Å². The Balaban J connectivity index is 1.37. The van der Waals surface area contributed by atoms with Gasteiger partial charge in [0.05, 0.1) is 24.0 Å². The van der Waals surface area contributed by atoms with Crippen molar-refractivity contribution < 1.29 is 31.8 Å². The maximum absolute atomic E-state index is 13.0. The SMILES string of the molecule is CC(OC(=O)Cc1ccc(-c2ncn(-c3ccc(OC(F)(F)F)cc3)n2)cc1)c1ccc(F)cn1. The van der Waals surface area contributed by atoms with Crippen molar-refractivity contribution >= 4 is 5.97 Å². The van der Waals surface area contributed by atoms with Crippen molar-refractivity contribution in [2.45, 2.75) is 25.8 Å². The Morgan fingerprint density at radius 2 is 1.71 bits per heavy atom. The van der Waals surface area contributed by atoms with Crippen LogP contribution in [0.15, 0.2) is 73.2 Å². The van der Waals surface area contributed by atoms with Crippen molar-refractivity contribution in [3.63, 3.8) is 0 Å². The lowest BCUT2D eigenvalue weighted by molar-refractivity contribution is -0.274. The average molecular weight is 486 g/mol. The van der Waals surface area contributed by atoms with E-state index in [4.69, 9.17) is 4.74 Å². The first-order chi connectivity index (χ1) is 16.7. The van der Waals surface area contributed by atoms with Crippen LogP contribution in [-0.4, -0.2) is 32.1 Å². The third-order valence-electron chi connectivity index (χ3n) is 4.86. The van der Waals surface area contributed by atoms with E-state index in [1.165, 1.54) is 47.4 Å². The summed E-state index contributed by atoms with van der Waals surface area (Å²) in [5, 5.41) is 4.34. The molecule has 0 N–H and O–H groups in total. The van der Waals surface area contributed by atoms with Gasteiger partial charge in [0.1, 0.15) is 24.0 Å². The van der Waals surface area contributed by atoms with Crippen LogP contribution < -0.4 is 4.74 Å². The van der Waals surface area contributed by atoms with Gasteiger partial charge in [-0.1, -0.05) is 24.3 Å². The number of nitrogens with zero attached hydrogens (tertiary/aromatic N) is 4. The molecule has 2 aromatic heterocycles. The highest BCUT2D eigenvalue weighted by molar-refractivity contribution is 5.73. The van der Waals surface area contributed by atoms with E-state index in [2.05, 4.69) is 19.8 Å². The molecular formula is C24H18F4N4O3. The lowest BCUT2D eigenvalue weighted by Crippen LogP contribution is -2.17. The predicted molar refractivity (Wildman–Crippen MR) is 116 cm³/mol. The molecule has 0 radical (unpaired) electrons. The first-order valence-electron chi connectivity index (χ1n) is 10.3. The lowest BCUT2D eigenvalue weighted by Gasteiger charge is -2.12. The van der Waals surface area contributed by atoms with Crippen molar-refractivity contribution in [2.24, 2.45) is 0 Å². The van der Waals surface area contributed by atoms with E-state index >= 15 is 0 Å². The maximum Gasteiger partial charge on any atom is 0.573 e. The number of esters is 1. The fourth-order valence-electron chi connectivity index (χ4n) is 3.19. The molecule has 0 amide bonds. The number of halogens is 4. The van der Waals surface area contributed by atoms with Crippen LogP contribution in [0.1, 0.15) is 24.3 Å². The summed E-state index contributed by atoms with van der Waals surface area (Å²) in [5.41, 5.74) is 2.33. The van der Waals surface area contributed by atoms with E-state index < -0.39 is 24.3 Å². The number of carbonyl (C=O) groups excluding carboxylic acids is 1. The Labute approximate surface area is 197 Å². The monoisotopic (exact) mass is 486 g/mol. The van der Waals surface area contributed by atoms with Crippen LogP contribution in [0.2, 0.25) is 0 Å². The zero-order valence-electron chi connectivity index (χ0n) is 18.2. The summed E-state index contributed by atoms with van der Waals surface area (Å²) in [4.78, 5) is 20.4. The zero-order chi connectivity index (χ0) is 25.0. The summed E-state index contributed by atoms with van der Waals surface area (Å²) >= 11 is 0. The molecule has 7 nitrogen and oxygen atoms in total. The van der Waals surface area contributed by atoms with Crippen molar-refractivity contribution in [1.82, 2.24) is 19.7 Å². The molecule has 0 bridgehead atoms. The normalized spacial score (nSPS) is 12.3. The number of hydrogen-bond donors (Lipinski definition) is 0. The molecule has 0 aliphatic heterocycles. The fraction of sp³-hybridized carbons (Fsp3) is 0.167. The molecule has 2 aromatic carbocycles. The molecule has 0 aliphatic rings. The van der Waals surface area contributed by atoms with Gasteiger partial charge in [-0.25, -0.2) is 14.1 Å². The number of benzene rings is 2. The zero-order valence-corrected chi connectivity index (χ0v) is 18.2. The molecule has 1 unspecified atom stereocenters. The van der Waals surface area contributed by atoms with Crippen LogP contribution in [-0.2, 0) is 16.0 Å². The number of ether oxygens (including phenoxy) is 2. The summed E-state index contributed by atoms with van der Waals surface area (Å²) in [7, 11) is 0. The molecule has 180 valence electrons. The van der Waals surface area contributed by atoms with Crippen LogP contribution in [0, 0.1) is 5.82 Å². The van der Waals surface area contributed by atoms with Crippen molar-refractivity contribution in [2.75, 3.05) is 0 Å². The van der Waals surface area contributed by atoms with Gasteiger partial charge < -0.3 is 9.47 Å². The first kappa shape index (κ1) is 23.9. The summed E-state index contributed by atoms with van der Waals surface area (Å²) in [6, 6.07) is 14.9. The standard InChI is InChI=1S/C24H18F4N4O3/c1-15(21-11-6-18(25)13-29-21)34-22(33)12-16-2-4-17(5-3-16)23-30-14-32(31-23)19-7-9-20(10-8-19)35-24(26,27)28/h2-11,13-15H,12H2,1H3. The first-order valence-corrected chi connectivity index (χ1v) is 10.3. The number of alkyl halides is 3. The molecule has 0 aliphatic carbocycles. The van der Waals surface area contributed by atoms with Crippen LogP contribution in [0.25, 0.3) is 17.1 Å². The largest absolute Gasteiger partial charge is 0.573 e. The smallest absolute Gasteiger partial charge is 0.456 e. The number of hydrogen-bond acceptors (Lipinski definition) is 6. The highest BCUT2D eigenvalue weighted by atomic mass is 19.4. The topological polar surface area (TPSA) is 79.1 Å². The molecule has 0 saturated carbocycles. The molecule has 0 fully saturated rings. The van der Waals surface area contributed by atoms with E-state index in [0.717, 1.165) is 6.20 Å². The molecule has 0 saturated heterocycles. The number of carbonyl (C=O) groups is 1. The van der Waals surface area contributed by atoms with Gasteiger partial charge >= 0.3 is 12.3 Å². The van der Waals surface area contributed by atoms with Gasteiger partial charge in [-0.05, 0) is 48.9 Å². The van der Waals surface area contributed by atoms with Crippen LogP contribution in [0.3, 0.4) is 0 Å². The minimum Gasteiger partial charge on any atom is -0.456 e. The van der Waals surface area contributed by atoms with Gasteiger partial charge in [0.25, 0.3) is 0 Å². The second-order valence-electron chi connectivity index (χ2n) is 7.46. The Kier molecular flexibility index (Phi) is 6.76. The Hall–Kier alpha value is -4.28. The second-order valence-corrected chi connectivity index (χ2v) is 7.46. The van der Waals surface area contributed by atoms with E-state index in [0.29, 0.717) is 28.3 Å². The number of rotatable bonds is 7. The summed E-state index contributed by atoms with van der Waals surface area (Å²) in [6.45, 7) is 1.65. The van der Waals surface area contributed by atoms with Gasteiger partial charge in [0.2, 0.25) is 0 Å². The molecule has 1 atom stereocenters. The molecule has 4 rings (SSSR count). The van der Waals surface area contributed by atoms with Crippen molar-refractivity contribution in [1.29, 1.82) is 0 Å². The van der Waals surface area contributed by atoms with Crippen LogP contribution in [0.4, 0.5) is 17.6 Å². The minimum atomic E-state index is -4.76. The molecule has 4 aromatic rings. The Morgan fingerprint density at radius 3 is 2.34 bits per heavy atom. The molecule has 2 heterocycles. The molecule has 11 heteroatoms. The van der Waals surface area contributed by atoms with E-state index in [1.807, 2.05) is 0 Å². The highest BCUT2D eigenvalue weighted by Crippen LogP contribution is 2.24. The van der Waals surface area contributed by atoms with Gasteiger partial charge in [-0.3, -0.25) is 9.78 Å². The average Bonchev–Trinajstić information content (AvgIpc) is 3.29. The van der Waals surface area contributed by atoms with E-state index in [1.54, 1.807) is 31.2 Å². The Morgan fingerprint density at radius 1 is 1.00 bits per heavy atom. The van der Waals surface area contributed by atoms with Crippen LogP contribution >= 0.6 is 0 Å². The van der Waals surface area contributed by atoms with Gasteiger partial charge in [0, 0.05) is 5.56 Å². The quantitative estimate of drug-likeness (QED) is 0.264. The second kappa shape index (κ2) is 9.92. The van der Waals surface area contributed by atoms with Crippen LogP contribution in [0.5, 0.6) is 5.75 Å². The number of aromatic nitrogens is 4. The highest BCUT2D eigenvalue weighted by Gasteiger charge is 2.31. The maximum atomic E-state index is 13.0. The van der Waals surface area contributed by atoms with Gasteiger partial charge in [0.15, 0.2) is 5.82 Å². The third kappa shape index (κ3) is 6.40. The number of pyridine rings is 1. The Bertz CT molecular complexity index is 1290. The van der Waals surface area contributed by atoms with Gasteiger partial charge in [-0.15, -0.1) is 18.3 Å². The predicted octanol–water partition coefficient (Wildman–Crippen LogP) is 5.21. The summed E-state index contributed by atoms with van der Waals surface area (Å²) in [5.74, 6) is -0.873. The summed E-state index contributed by atoms with van der Waals surface area (Å²) < 4.78 is 60.5. The van der Waals surface area contributed by atoms with Crippen molar-refractivity contribution in [3.8, 4) is 22.8 Å². The lowest BCUT2D eigenvalue weighted by atomic mass is 10.1. The molecular weight excluding hydrogens is 468 g/mol. The third-order valence-corrected chi connectivity index (χ3v) is 4.86. The van der Waals surface area contributed by atoms with E-state index in [9.17, 15) is 22.4 Å². The van der Waals surface area contributed by atoms with Crippen molar-refractivity contribution in [3.05, 3.63) is 90.3 Å².